The first-order valence-corrected chi connectivity index (χ1v) is 9.26. The minimum absolute atomic E-state index is 0.145. The molecule has 1 saturated heterocycles. The van der Waals surface area contributed by atoms with E-state index in [2.05, 4.69) is 15.9 Å². The van der Waals surface area contributed by atoms with E-state index in [-0.39, 0.29) is 17.9 Å². The summed E-state index contributed by atoms with van der Waals surface area (Å²) in [4.78, 5) is 4.77. The van der Waals surface area contributed by atoms with Crippen molar-refractivity contribution in [1.29, 1.82) is 0 Å². The Balaban J connectivity index is 1.44. The van der Waals surface area contributed by atoms with Gasteiger partial charge in [0.25, 0.3) is 0 Å². The van der Waals surface area contributed by atoms with Gasteiger partial charge in [-0.3, -0.25) is 4.90 Å². The molecule has 2 N–H and O–H groups in total. The summed E-state index contributed by atoms with van der Waals surface area (Å²) in [5.41, 5.74) is 3.45. The number of hydrogen-bond donors (Lipinski definition) is 2. The van der Waals surface area contributed by atoms with E-state index in [4.69, 9.17) is 4.74 Å². The maximum absolute atomic E-state index is 10.7. The Kier molecular flexibility index (Phi) is 4.74. The van der Waals surface area contributed by atoms with Gasteiger partial charge in [-0.15, -0.1) is 0 Å². The second kappa shape index (κ2) is 7.17. The van der Waals surface area contributed by atoms with Gasteiger partial charge in [-0.2, -0.15) is 0 Å². The van der Waals surface area contributed by atoms with Crippen LogP contribution in [-0.2, 0) is 12.8 Å². The smallest absolute Gasteiger partial charge is 0.142 e. The van der Waals surface area contributed by atoms with Gasteiger partial charge in [-0.25, -0.2) is 0 Å². The highest BCUT2D eigenvalue weighted by Gasteiger charge is 2.33. The van der Waals surface area contributed by atoms with E-state index in [0.29, 0.717) is 6.42 Å². The maximum Gasteiger partial charge on any atom is 0.142 e. The molecule has 1 aliphatic heterocycles. The number of ether oxygens (including phenoxy) is 1. The lowest BCUT2D eigenvalue weighted by atomic mass is 9.85. The van der Waals surface area contributed by atoms with Crippen LogP contribution in [0.3, 0.4) is 0 Å². The van der Waals surface area contributed by atoms with Gasteiger partial charge in [0.1, 0.15) is 11.5 Å². The van der Waals surface area contributed by atoms with Crippen molar-refractivity contribution in [2.45, 2.75) is 25.0 Å². The molecule has 0 unspecified atom stereocenters. The number of rotatable bonds is 3. The molecule has 5 nitrogen and oxygen atoms in total. The van der Waals surface area contributed by atoms with E-state index in [1.54, 1.807) is 19.2 Å². The van der Waals surface area contributed by atoms with Crippen LogP contribution in [0.2, 0.25) is 0 Å². The number of phenols is 1. The third kappa shape index (κ3) is 3.24. The van der Waals surface area contributed by atoms with Crippen molar-refractivity contribution in [2.24, 2.45) is 0 Å². The second-order valence-electron chi connectivity index (χ2n) is 7.19. The molecule has 0 amide bonds. The number of nitrogens with zero attached hydrogens (tertiary/aromatic N) is 2. The van der Waals surface area contributed by atoms with Crippen LogP contribution in [0, 0.1) is 0 Å². The SMILES string of the molecule is COc1ccccc1N1CCN([C@H]2Cc3ccc(O)cc3C[C@@H]2O)CC1. The van der Waals surface area contributed by atoms with Crippen LogP contribution in [0.4, 0.5) is 5.69 Å². The fourth-order valence-electron chi connectivity index (χ4n) is 4.28. The molecule has 1 fully saturated rings. The number of fused-ring (bicyclic) bond motifs is 1. The minimum atomic E-state index is -0.387. The summed E-state index contributed by atoms with van der Waals surface area (Å²) in [5, 5.41) is 20.3. The third-order valence-electron chi connectivity index (χ3n) is 5.70. The molecule has 0 spiro atoms. The molecule has 138 valence electrons. The summed E-state index contributed by atoms with van der Waals surface area (Å²) in [6, 6.07) is 13.8. The zero-order chi connectivity index (χ0) is 18.1. The number of aromatic hydroxyl groups is 1. The van der Waals surface area contributed by atoms with Crippen molar-refractivity contribution in [1.82, 2.24) is 4.90 Å². The highest BCUT2D eigenvalue weighted by molar-refractivity contribution is 5.58. The predicted molar refractivity (Wildman–Crippen MR) is 102 cm³/mol. The monoisotopic (exact) mass is 354 g/mol. The van der Waals surface area contributed by atoms with E-state index in [9.17, 15) is 10.2 Å². The number of phenolic OH excluding ortho intramolecular Hbond substituents is 1. The van der Waals surface area contributed by atoms with Crippen LogP contribution in [0.1, 0.15) is 11.1 Å². The van der Waals surface area contributed by atoms with Gasteiger partial charge < -0.3 is 19.8 Å². The predicted octanol–water partition coefficient (Wildman–Crippen LogP) is 2.05. The lowest BCUT2D eigenvalue weighted by Crippen LogP contribution is -2.56. The summed E-state index contributed by atoms with van der Waals surface area (Å²) in [7, 11) is 1.71. The number of methoxy groups -OCH3 is 1. The number of para-hydroxylation sites is 2. The molecule has 2 aliphatic rings. The Hall–Kier alpha value is -2.24. The van der Waals surface area contributed by atoms with E-state index in [1.165, 1.54) is 5.56 Å². The standard InChI is InChI=1S/C21H26N2O3/c1-26-21-5-3-2-4-18(21)22-8-10-23(11-9-22)19-13-15-6-7-17(24)12-16(15)14-20(19)25/h2-7,12,19-20,24-25H,8-11,13-14H2,1H3/t19-,20-/m0/s1. The fourth-order valence-corrected chi connectivity index (χ4v) is 4.28. The van der Waals surface area contributed by atoms with E-state index in [1.807, 2.05) is 24.3 Å². The van der Waals surface area contributed by atoms with Gasteiger partial charge in [-0.05, 0) is 41.8 Å². The summed E-state index contributed by atoms with van der Waals surface area (Å²) < 4.78 is 5.49. The minimum Gasteiger partial charge on any atom is -0.508 e. The molecule has 0 radical (unpaired) electrons. The molecule has 5 heteroatoms. The van der Waals surface area contributed by atoms with Crippen molar-refractivity contribution in [3.05, 3.63) is 53.6 Å². The average Bonchev–Trinajstić information content (AvgIpc) is 2.67. The van der Waals surface area contributed by atoms with E-state index < -0.39 is 0 Å². The maximum atomic E-state index is 10.7. The molecule has 4 rings (SSSR count). The number of aliphatic hydroxyl groups excluding tert-OH is 1. The lowest BCUT2D eigenvalue weighted by molar-refractivity contribution is 0.0394. The molecule has 26 heavy (non-hydrogen) atoms. The van der Waals surface area contributed by atoms with Crippen molar-refractivity contribution >= 4 is 5.69 Å². The van der Waals surface area contributed by atoms with Crippen LogP contribution in [0.5, 0.6) is 11.5 Å². The second-order valence-corrected chi connectivity index (χ2v) is 7.19. The number of benzene rings is 2. The van der Waals surface area contributed by atoms with Crippen molar-refractivity contribution in [3.63, 3.8) is 0 Å². The first kappa shape index (κ1) is 17.2. The molecule has 0 saturated carbocycles. The zero-order valence-electron chi connectivity index (χ0n) is 15.1. The Morgan fingerprint density at radius 3 is 2.50 bits per heavy atom. The number of aliphatic hydroxyl groups is 1. The van der Waals surface area contributed by atoms with Crippen LogP contribution < -0.4 is 9.64 Å². The lowest BCUT2D eigenvalue weighted by Gasteiger charge is -2.43. The summed E-state index contributed by atoms with van der Waals surface area (Å²) in [6.07, 6.45) is 1.06. The summed E-state index contributed by atoms with van der Waals surface area (Å²) in [6.45, 7) is 3.69. The quantitative estimate of drug-likeness (QED) is 0.884. The van der Waals surface area contributed by atoms with Crippen LogP contribution in [0.15, 0.2) is 42.5 Å². The number of hydrogen-bond acceptors (Lipinski definition) is 5. The van der Waals surface area contributed by atoms with E-state index >= 15 is 0 Å². The summed E-state index contributed by atoms with van der Waals surface area (Å²) in [5.74, 6) is 1.19. The highest BCUT2D eigenvalue weighted by atomic mass is 16.5. The molecular weight excluding hydrogens is 328 g/mol. The van der Waals surface area contributed by atoms with Crippen LogP contribution >= 0.6 is 0 Å². The average molecular weight is 354 g/mol. The van der Waals surface area contributed by atoms with E-state index in [0.717, 1.165) is 49.6 Å². The fraction of sp³-hybridized carbons (Fsp3) is 0.429. The molecule has 0 aromatic heterocycles. The first-order valence-electron chi connectivity index (χ1n) is 9.26. The van der Waals surface area contributed by atoms with Gasteiger partial charge in [0, 0.05) is 38.6 Å². The Bertz CT molecular complexity index is 772. The molecule has 2 aromatic carbocycles. The molecule has 0 bridgehead atoms. The van der Waals surface area contributed by atoms with Crippen molar-refractivity contribution in [2.75, 3.05) is 38.2 Å². The van der Waals surface area contributed by atoms with Gasteiger partial charge in [0.15, 0.2) is 0 Å². The topological polar surface area (TPSA) is 56.2 Å². The Labute approximate surface area is 154 Å². The Morgan fingerprint density at radius 1 is 0.962 bits per heavy atom. The van der Waals surface area contributed by atoms with Crippen LogP contribution in [-0.4, -0.2) is 60.5 Å². The van der Waals surface area contributed by atoms with Gasteiger partial charge in [0.2, 0.25) is 0 Å². The molecule has 2 aromatic rings. The first-order chi connectivity index (χ1) is 12.7. The highest BCUT2D eigenvalue weighted by Crippen LogP contribution is 2.31. The van der Waals surface area contributed by atoms with Gasteiger partial charge in [0.05, 0.1) is 18.9 Å². The van der Waals surface area contributed by atoms with Gasteiger partial charge in [-0.1, -0.05) is 18.2 Å². The Morgan fingerprint density at radius 2 is 1.73 bits per heavy atom. The molecule has 1 aliphatic carbocycles. The van der Waals surface area contributed by atoms with Crippen LogP contribution in [0.25, 0.3) is 0 Å². The number of anilines is 1. The van der Waals surface area contributed by atoms with Crippen molar-refractivity contribution < 1.29 is 14.9 Å². The molecule has 2 atom stereocenters. The third-order valence-corrected chi connectivity index (χ3v) is 5.70. The molecule has 1 heterocycles. The summed E-state index contributed by atoms with van der Waals surface area (Å²) >= 11 is 0. The largest absolute Gasteiger partial charge is 0.508 e. The van der Waals surface area contributed by atoms with Crippen molar-refractivity contribution in [3.8, 4) is 11.5 Å². The molecular formula is C21H26N2O3. The normalized spacial score (nSPS) is 23.5. The van der Waals surface area contributed by atoms with Gasteiger partial charge >= 0.3 is 0 Å². The zero-order valence-corrected chi connectivity index (χ0v) is 15.1. The number of piperazine rings is 1.